The van der Waals surface area contributed by atoms with Crippen LogP contribution in [0.15, 0.2) is 48.5 Å². The standard InChI is InChI=1S/C21H25NO/c1-15-11-13-17(14-12-15)21(18-8-4-6-10-20(18)23)22-19-9-5-3-7-16(19)2/h3,5,7,9,11-14,18,21-22H,4,6,8,10H2,1-2H3. The Morgan fingerprint density at radius 3 is 2.43 bits per heavy atom. The summed E-state index contributed by atoms with van der Waals surface area (Å²) in [5, 5.41) is 3.66. The van der Waals surface area contributed by atoms with Gasteiger partial charge in [-0.1, -0.05) is 54.4 Å². The summed E-state index contributed by atoms with van der Waals surface area (Å²) in [5.41, 5.74) is 4.79. The van der Waals surface area contributed by atoms with Crippen molar-refractivity contribution in [1.29, 1.82) is 0 Å². The summed E-state index contributed by atoms with van der Waals surface area (Å²) >= 11 is 0. The first kappa shape index (κ1) is 15.8. The molecular formula is C21H25NO. The molecule has 0 amide bonds. The topological polar surface area (TPSA) is 29.1 Å². The Labute approximate surface area is 138 Å². The number of carbonyl (C=O) groups is 1. The van der Waals surface area contributed by atoms with Gasteiger partial charge in [-0.15, -0.1) is 0 Å². The first-order chi connectivity index (χ1) is 11.1. The normalized spacial score (nSPS) is 19.4. The van der Waals surface area contributed by atoms with Crippen LogP contribution in [0.3, 0.4) is 0 Å². The van der Waals surface area contributed by atoms with Crippen molar-refractivity contribution < 1.29 is 4.79 Å². The molecule has 120 valence electrons. The Bertz CT molecular complexity index is 674. The molecule has 2 unspecified atom stereocenters. The number of benzene rings is 2. The molecule has 2 atom stereocenters. The van der Waals surface area contributed by atoms with Crippen molar-refractivity contribution in [3.05, 3.63) is 65.2 Å². The van der Waals surface area contributed by atoms with Crippen LogP contribution in [0.25, 0.3) is 0 Å². The second-order valence-electron chi connectivity index (χ2n) is 6.67. The molecule has 3 rings (SSSR count). The van der Waals surface area contributed by atoms with Crippen LogP contribution in [0.5, 0.6) is 0 Å². The van der Waals surface area contributed by atoms with Crippen molar-refractivity contribution in [2.24, 2.45) is 5.92 Å². The summed E-state index contributed by atoms with van der Waals surface area (Å²) in [6.45, 7) is 4.20. The molecule has 0 aromatic heterocycles. The molecular weight excluding hydrogens is 282 g/mol. The molecule has 0 spiro atoms. The Balaban J connectivity index is 1.94. The summed E-state index contributed by atoms with van der Waals surface area (Å²) in [4.78, 5) is 12.5. The zero-order chi connectivity index (χ0) is 16.2. The number of para-hydroxylation sites is 1. The smallest absolute Gasteiger partial charge is 0.138 e. The van der Waals surface area contributed by atoms with E-state index in [1.165, 1.54) is 16.7 Å². The predicted molar refractivity (Wildman–Crippen MR) is 95.7 cm³/mol. The monoisotopic (exact) mass is 307 g/mol. The van der Waals surface area contributed by atoms with Gasteiger partial charge < -0.3 is 5.32 Å². The fourth-order valence-electron chi connectivity index (χ4n) is 3.45. The number of hydrogen-bond acceptors (Lipinski definition) is 2. The first-order valence-corrected chi connectivity index (χ1v) is 8.56. The van der Waals surface area contributed by atoms with Gasteiger partial charge in [-0.25, -0.2) is 0 Å². The number of carbonyl (C=O) groups excluding carboxylic acids is 1. The third kappa shape index (κ3) is 3.64. The van der Waals surface area contributed by atoms with Crippen LogP contribution in [0.4, 0.5) is 5.69 Å². The number of rotatable bonds is 4. The van der Waals surface area contributed by atoms with Crippen LogP contribution in [-0.2, 0) is 4.79 Å². The second-order valence-corrected chi connectivity index (χ2v) is 6.67. The van der Waals surface area contributed by atoms with Gasteiger partial charge in [0.05, 0.1) is 6.04 Å². The molecule has 1 saturated carbocycles. The average molecular weight is 307 g/mol. The summed E-state index contributed by atoms with van der Waals surface area (Å²) in [5.74, 6) is 0.481. The van der Waals surface area contributed by atoms with Crippen molar-refractivity contribution in [2.75, 3.05) is 5.32 Å². The van der Waals surface area contributed by atoms with E-state index in [1.54, 1.807) is 0 Å². The minimum absolute atomic E-state index is 0.0597. The van der Waals surface area contributed by atoms with Crippen LogP contribution in [0.1, 0.15) is 48.4 Å². The molecule has 0 heterocycles. The van der Waals surface area contributed by atoms with Gasteiger partial charge >= 0.3 is 0 Å². The highest BCUT2D eigenvalue weighted by Gasteiger charge is 2.31. The molecule has 2 aromatic rings. The van der Waals surface area contributed by atoms with Gasteiger partial charge in [0.25, 0.3) is 0 Å². The lowest BCUT2D eigenvalue weighted by Crippen LogP contribution is -2.30. The van der Waals surface area contributed by atoms with E-state index in [2.05, 4.69) is 55.6 Å². The minimum atomic E-state index is 0.0597. The SMILES string of the molecule is Cc1ccc(C(Nc2ccccc2C)C2CCCCC2=O)cc1. The van der Waals surface area contributed by atoms with Crippen LogP contribution < -0.4 is 5.32 Å². The molecule has 1 aliphatic rings. The maximum atomic E-state index is 12.5. The van der Waals surface area contributed by atoms with Crippen molar-refractivity contribution in [2.45, 2.75) is 45.6 Å². The van der Waals surface area contributed by atoms with E-state index < -0.39 is 0 Å². The van der Waals surface area contributed by atoms with Gasteiger partial charge in [-0.3, -0.25) is 4.79 Å². The molecule has 0 radical (unpaired) electrons. The van der Waals surface area contributed by atoms with Crippen molar-refractivity contribution in [3.63, 3.8) is 0 Å². The number of nitrogens with one attached hydrogen (secondary N) is 1. The molecule has 0 saturated heterocycles. The number of anilines is 1. The molecule has 0 aliphatic heterocycles. The third-order valence-electron chi connectivity index (χ3n) is 4.90. The van der Waals surface area contributed by atoms with Crippen LogP contribution >= 0.6 is 0 Å². The number of aryl methyl sites for hydroxylation is 2. The van der Waals surface area contributed by atoms with E-state index in [1.807, 2.05) is 12.1 Å². The summed E-state index contributed by atoms with van der Waals surface area (Å²) in [6.07, 6.45) is 3.90. The van der Waals surface area contributed by atoms with Gasteiger partial charge in [-0.2, -0.15) is 0 Å². The van der Waals surface area contributed by atoms with Gasteiger partial charge in [-0.05, 0) is 43.9 Å². The van der Waals surface area contributed by atoms with Crippen molar-refractivity contribution in [3.8, 4) is 0 Å². The van der Waals surface area contributed by atoms with Crippen molar-refractivity contribution in [1.82, 2.24) is 0 Å². The highest BCUT2D eigenvalue weighted by molar-refractivity contribution is 5.83. The van der Waals surface area contributed by atoms with Gasteiger partial charge in [0.1, 0.15) is 5.78 Å². The lowest BCUT2D eigenvalue weighted by molar-refractivity contribution is -0.125. The predicted octanol–water partition coefficient (Wildman–Crippen LogP) is 5.22. The van der Waals surface area contributed by atoms with E-state index in [0.717, 1.165) is 31.4 Å². The highest BCUT2D eigenvalue weighted by atomic mass is 16.1. The minimum Gasteiger partial charge on any atom is -0.377 e. The number of ketones is 1. The Hall–Kier alpha value is -2.09. The van der Waals surface area contributed by atoms with Crippen LogP contribution in [0.2, 0.25) is 0 Å². The zero-order valence-electron chi connectivity index (χ0n) is 14.0. The third-order valence-corrected chi connectivity index (χ3v) is 4.90. The number of hydrogen-bond donors (Lipinski definition) is 1. The summed E-state index contributed by atoms with van der Waals surface area (Å²) in [7, 11) is 0. The maximum absolute atomic E-state index is 12.5. The Morgan fingerprint density at radius 1 is 1.00 bits per heavy atom. The van der Waals surface area contributed by atoms with E-state index in [9.17, 15) is 4.79 Å². The maximum Gasteiger partial charge on any atom is 0.138 e. The molecule has 1 fully saturated rings. The summed E-state index contributed by atoms with van der Waals surface area (Å²) in [6, 6.07) is 17.0. The van der Waals surface area contributed by atoms with E-state index >= 15 is 0 Å². The molecule has 23 heavy (non-hydrogen) atoms. The Kier molecular flexibility index (Phi) is 4.80. The Morgan fingerprint density at radius 2 is 1.74 bits per heavy atom. The molecule has 2 aromatic carbocycles. The number of Topliss-reactive ketones (excluding diaryl/α,β-unsaturated/α-hetero) is 1. The van der Waals surface area contributed by atoms with Crippen LogP contribution in [-0.4, -0.2) is 5.78 Å². The second kappa shape index (κ2) is 6.99. The lowest BCUT2D eigenvalue weighted by atomic mass is 9.80. The average Bonchev–Trinajstić information content (AvgIpc) is 2.56. The fourth-order valence-corrected chi connectivity index (χ4v) is 3.45. The van der Waals surface area contributed by atoms with E-state index in [4.69, 9.17) is 0 Å². The van der Waals surface area contributed by atoms with Gasteiger partial charge in [0, 0.05) is 18.0 Å². The zero-order valence-corrected chi connectivity index (χ0v) is 14.0. The lowest BCUT2D eigenvalue weighted by Gasteiger charge is -2.31. The molecule has 0 bridgehead atoms. The van der Waals surface area contributed by atoms with Crippen LogP contribution in [0, 0.1) is 19.8 Å². The quantitative estimate of drug-likeness (QED) is 0.839. The largest absolute Gasteiger partial charge is 0.377 e. The molecule has 1 aliphatic carbocycles. The fraction of sp³-hybridized carbons (Fsp3) is 0.381. The molecule has 2 heteroatoms. The highest BCUT2D eigenvalue weighted by Crippen LogP contribution is 2.35. The van der Waals surface area contributed by atoms with Gasteiger partial charge in [0.15, 0.2) is 0 Å². The van der Waals surface area contributed by atoms with Gasteiger partial charge in [0.2, 0.25) is 0 Å². The summed E-state index contributed by atoms with van der Waals surface area (Å²) < 4.78 is 0. The van der Waals surface area contributed by atoms with Crippen molar-refractivity contribution >= 4 is 11.5 Å². The van der Waals surface area contributed by atoms with E-state index in [-0.39, 0.29) is 12.0 Å². The molecule has 1 N–H and O–H groups in total. The molecule has 2 nitrogen and oxygen atoms in total. The first-order valence-electron chi connectivity index (χ1n) is 8.56. The van der Waals surface area contributed by atoms with E-state index in [0.29, 0.717) is 5.78 Å².